The third-order valence-corrected chi connectivity index (χ3v) is 4.55. The molecule has 0 aliphatic heterocycles. The lowest BCUT2D eigenvalue weighted by molar-refractivity contribution is 0.302. The molecule has 2 N–H and O–H groups in total. The zero-order valence-corrected chi connectivity index (χ0v) is 17.2. The molecule has 0 fully saturated rings. The molecule has 0 saturated carbocycles. The van der Waals surface area contributed by atoms with E-state index in [0.717, 1.165) is 17.5 Å². The molecule has 0 radical (unpaired) electrons. The lowest BCUT2D eigenvalue weighted by Gasteiger charge is -2.08. The Kier molecular flexibility index (Phi) is 8.20. The second-order valence-electron chi connectivity index (χ2n) is 6.90. The SMILES string of the molecule is CCCCCCCCOc1ccc(-n2nc3ccccc3n2)c(O)c1.c1cn[nH]n1. The Morgan fingerprint density at radius 1 is 0.900 bits per heavy atom. The van der Waals surface area contributed by atoms with E-state index in [1.807, 2.05) is 30.3 Å². The first-order valence-electron chi connectivity index (χ1n) is 10.4. The average Bonchev–Trinajstić information content (AvgIpc) is 3.46. The van der Waals surface area contributed by atoms with Crippen molar-refractivity contribution in [2.24, 2.45) is 0 Å². The van der Waals surface area contributed by atoms with Gasteiger partial charge in [-0.3, -0.25) is 0 Å². The van der Waals surface area contributed by atoms with Crippen molar-refractivity contribution in [2.45, 2.75) is 45.4 Å². The van der Waals surface area contributed by atoms with Crippen molar-refractivity contribution in [3.63, 3.8) is 0 Å². The number of H-pyrrole nitrogens is 1. The summed E-state index contributed by atoms with van der Waals surface area (Å²) in [4.78, 5) is 1.46. The van der Waals surface area contributed by atoms with Gasteiger partial charge in [-0.15, -0.1) is 15.0 Å². The molecule has 158 valence electrons. The summed E-state index contributed by atoms with van der Waals surface area (Å²) in [6.07, 6.45) is 10.5. The van der Waals surface area contributed by atoms with Gasteiger partial charge in [0.1, 0.15) is 28.2 Å². The number of aromatic nitrogens is 6. The van der Waals surface area contributed by atoms with Gasteiger partial charge in [0.05, 0.1) is 19.0 Å². The lowest BCUT2D eigenvalue weighted by atomic mass is 10.1. The van der Waals surface area contributed by atoms with Crippen LogP contribution in [0.5, 0.6) is 11.5 Å². The summed E-state index contributed by atoms with van der Waals surface area (Å²) in [6, 6.07) is 12.9. The maximum absolute atomic E-state index is 10.3. The second-order valence-corrected chi connectivity index (χ2v) is 6.90. The van der Waals surface area contributed by atoms with Crippen molar-refractivity contribution in [2.75, 3.05) is 6.61 Å². The van der Waals surface area contributed by atoms with E-state index in [0.29, 0.717) is 18.0 Å². The number of aromatic amines is 1. The van der Waals surface area contributed by atoms with Crippen LogP contribution in [0.15, 0.2) is 54.9 Å². The molecule has 0 amide bonds. The molecule has 0 atom stereocenters. The molecule has 0 saturated heterocycles. The zero-order chi connectivity index (χ0) is 21.0. The third-order valence-electron chi connectivity index (χ3n) is 4.55. The topological polar surface area (TPSA) is 102 Å². The molecule has 8 heteroatoms. The predicted octanol–water partition coefficient (Wildman–Crippen LogP) is 4.67. The number of nitrogens with one attached hydrogen (secondary N) is 1. The van der Waals surface area contributed by atoms with Gasteiger partial charge in [-0.2, -0.15) is 15.4 Å². The second kappa shape index (κ2) is 11.5. The molecule has 30 heavy (non-hydrogen) atoms. The van der Waals surface area contributed by atoms with Crippen molar-refractivity contribution < 1.29 is 9.84 Å². The molecule has 2 aromatic heterocycles. The summed E-state index contributed by atoms with van der Waals surface area (Å²) < 4.78 is 5.73. The Bertz CT molecular complexity index is 950. The maximum Gasteiger partial charge on any atom is 0.146 e. The molecule has 0 bridgehead atoms. The Morgan fingerprint density at radius 2 is 1.57 bits per heavy atom. The predicted molar refractivity (Wildman–Crippen MR) is 116 cm³/mol. The van der Waals surface area contributed by atoms with E-state index in [1.54, 1.807) is 24.5 Å². The van der Waals surface area contributed by atoms with Crippen molar-refractivity contribution >= 4 is 11.0 Å². The Morgan fingerprint density at radius 3 is 2.17 bits per heavy atom. The highest BCUT2D eigenvalue weighted by Gasteiger charge is 2.09. The zero-order valence-electron chi connectivity index (χ0n) is 17.2. The fourth-order valence-corrected chi connectivity index (χ4v) is 2.97. The first-order chi connectivity index (χ1) is 14.8. The van der Waals surface area contributed by atoms with E-state index in [9.17, 15) is 5.11 Å². The summed E-state index contributed by atoms with van der Waals surface area (Å²) in [6.45, 7) is 2.90. The maximum atomic E-state index is 10.3. The standard InChI is InChI=1S/C20H25N3O2.C2H3N3/c1-2-3-4-5-6-9-14-25-16-12-13-19(20(24)15-16)23-21-17-10-7-8-11-18(17)22-23;1-2-4-5-3-1/h7-8,10-13,15,24H,2-6,9,14H2,1H3;1-2H,(H,3,4,5). The molecule has 0 aliphatic rings. The van der Waals surface area contributed by atoms with Crippen LogP contribution in [0, 0.1) is 0 Å². The third kappa shape index (κ3) is 6.30. The number of hydrogen-bond acceptors (Lipinski definition) is 6. The summed E-state index contributed by atoms with van der Waals surface area (Å²) in [5.41, 5.74) is 2.14. The molecule has 8 nitrogen and oxygen atoms in total. The van der Waals surface area contributed by atoms with Crippen molar-refractivity contribution in [1.82, 2.24) is 30.4 Å². The van der Waals surface area contributed by atoms with Crippen molar-refractivity contribution in [3.05, 3.63) is 54.9 Å². The van der Waals surface area contributed by atoms with Gasteiger partial charge in [0.15, 0.2) is 0 Å². The highest BCUT2D eigenvalue weighted by Crippen LogP contribution is 2.27. The van der Waals surface area contributed by atoms with Gasteiger partial charge >= 0.3 is 0 Å². The van der Waals surface area contributed by atoms with Crippen LogP contribution in [-0.2, 0) is 0 Å². The van der Waals surface area contributed by atoms with Crippen LogP contribution in [0.1, 0.15) is 45.4 Å². The van der Waals surface area contributed by atoms with Gasteiger partial charge in [0.25, 0.3) is 0 Å². The number of unbranched alkanes of at least 4 members (excludes halogenated alkanes) is 5. The quantitative estimate of drug-likeness (QED) is 0.390. The lowest BCUT2D eigenvalue weighted by Crippen LogP contribution is -2.01. The first kappa shape index (κ1) is 21.3. The number of fused-ring (bicyclic) bond motifs is 1. The Labute approximate surface area is 175 Å². The summed E-state index contributed by atoms with van der Waals surface area (Å²) in [5.74, 6) is 0.785. The van der Waals surface area contributed by atoms with Crippen LogP contribution >= 0.6 is 0 Å². The molecule has 0 aliphatic carbocycles. The molecule has 2 aromatic carbocycles. The van der Waals surface area contributed by atoms with Gasteiger partial charge in [-0.25, -0.2) is 0 Å². The number of phenols is 1. The number of nitrogens with zero attached hydrogens (tertiary/aromatic N) is 5. The Balaban J connectivity index is 0.000000448. The largest absolute Gasteiger partial charge is 0.505 e. The van der Waals surface area contributed by atoms with E-state index >= 15 is 0 Å². The number of benzene rings is 2. The normalized spacial score (nSPS) is 10.6. The fourth-order valence-electron chi connectivity index (χ4n) is 2.97. The van der Waals surface area contributed by atoms with Crippen LogP contribution in [0.3, 0.4) is 0 Å². The van der Waals surface area contributed by atoms with Crippen molar-refractivity contribution in [1.29, 1.82) is 0 Å². The molecule has 0 unspecified atom stereocenters. The number of phenolic OH excluding ortho intramolecular Hbond substituents is 1. The molecular weight excluding hydrogens is 380 g/mol. The minimum atomic E-state index is 0.112. The van der Waals surface area contributed by atoms with Gasteiger partial charge < -0.3 is 9.84 Å². The Hall–Kier alpha value is -3.42. The minimum Gasteiger partial charge on any atom is -0.505 e. The average molecular weight is 409 g/mol. The van der Waals surface area contributed by atoms with E-state index in [-0.39, 0.29) is 5.75 Å². The van der Waals surface area contributed by atoms with Gasteiger partial charge in [-0.05, 0) is 30.7 Å². The van der Waals surface area contributed by atoms with Crippen LogP contribution in [0.4, 0.5) is 0 Å². The number of ether oxygens (including phenoxy) is 1. The van der Waals surface area contributed by atoms with E-state index < -0.39 is 0 Å². The van der Waals surface area contributed by atoms with Gasteiger partial charge in [0, 0.05) is 6.07 Å². The number of aromatic hydroxyl groups is 1. The van der Waals surface area contributed by atoms with Crippen LogP contribution in [-0.4, -0.2) is 42.1 Å². The minimum absolute atomic E-state index is 0.112. The van der Waals surface area contributed by atoms with E-state index in [4.69, 9.17) is 4.74 Å². The van der Waals surface area contributed by atoms with Crippen LogP contribution in [0.25, 0.3) is 16.7 Å². The molecule has 4 aromatic rings. The molecule has 0 spiro atoms. The molecular formula is C22H28N6O2. The first-order valence-corrected chi connectivity index (χ1v) is 10.4. The summed E-state index contributed by atoms with van der Waals surface area (Å²) in [5, 5.41) is 28.4. The molecule has 4 rings (SSSR count). The van der Waals surface area contributed by atoms with Crippen molar-refractivity contribution in [3.8, 4) is 17.2 Å². The summed E-state index contributed by atoms with van der Waals surface area (Å²) >= 11 is 0. The van der Waals surface area contributed by atoms with E-state index in [1.165, 1.54) is 36.9 Å². The van der Waals surface area contributed by atoms with Crippen LogP contribution < -0.4 is 4.74 Å². The molecule has 2 heterocycles. The van der Waals surface area contributed by atoms with Crippen LogP contribution in [0.2, 0.25) is 0 Å². The smallest absolute Gasteiger partial charge is 0.146 e. The van der Waals surface area contributed by atoms with Gasteiger partial charge in [-0.1, -0.05) is 51.2 Å². The highest BCUT2D eigenvalue weighted by molar-refractivity contribution is 5.73. The van der Waals surface area contributed by atoms with E-state index in [2.05, 4.69) is 32.5 Å². The number of hydrogen-bond donors (Lipinski definition) is 2. The highest BCUT2D eigenvalue weighted by atomic mass is 16.5. The van der Waals surface area contributed by atoms with Gasteiger partial charge in [0.2, 0.25) is 0 Å². The summed E-state index contributed by atoms with van der Waals surface area (Å²) in [7, 11) is 0. The number of rotatable bonds is 9. The monoisotopic (exact) mass is 408 g/mol. The fraction of sp³-hybridized carbons (Fsp3) is 0.364.